The third kappa shape index (κ3) is 3.22. The average Bonchev–Trinajstić information content (AvgIpc) is 2.60. The average molecular weight is 411 g/mol. The molecule has 1 aliphatic heterocycles. The second-order valence-corrected chi connectivity index (χ2v) is 6.59. The first-order valence-corrected chi connectivity index (χ1v) is 8.46. The van der Waals surface area contributed by atoms with E-state index >= 15 is 0 Å². The SMILES string of the molecule is C#CCN1C(=O)C(C)Oc2cc(Cl)c(-c3ccc(C(F)(F)F)n(C)c3=O)cc21. The molecule has 1 amide bonds. The Morgan fingerprint density at radius 3 is 2.54 bits per heavy atom. The van der Waals surface area contributed by atoms with Gasteiger partial charge in [-0.3, -0.25) is 14.5 Å². The summed E-state index contributed by atoms with van der Waals surface area (Å²) in [6.07, 6.45) is -0.117. The van der Waals surface area contributed by atoms with Crippen LogP contribution in [0.5, 0.6) is 5.75 Å². The fraction of sp³-hybridized carbons (Fsp3) is 0.263. The van der Waals surface area contributed by atoms with Crippen molar-refractivity contribution in [3.63, 3.8) is 0 Å². The molecule has 1 aromatic heterocycles. The number of benzene rings is 1. The highest BCUT2D eigenvalue weighted by Crippen LogP contribution is 2.41. The van der Waals surface area contributed by atoms with Crippen LogP contribution in [0.1, 0.15) is 12.6 Å². The van der Waals surface area contributed by atoms with E-state index in [2.05, 4.69) is 5.92 Å². The van der Waals surface area contributed by atoms with Crippen molar-refractivity contribution < 1.29 is 22.7 Å². The molecule has 0 bridgehead atoms. The monoisotopic (exact) mass is 410 g/mol. The molecular weight excluding hydrogens is 397 g/mol. The molecule has 0 fully saturated rings. The van der Waals surface area contributed by atoms with Gasteiger partial charge in [0.2, 0.25) is 0 Å². The number of terminal acetylenes is 1. The number of carbonyl (C=O) groups excluding carboxylic acids is 1. The molecule has 0 aliphatic carbocycles. The van der Waals surface area contributed by atoms with Crippen molar-refractivity contribution in [2.24, 2.45) is 7.05 Å². The molecule has 0 spiro atoms. The highest BCUT2D eigenvalue weighted by Gasteiger charge is 2.35. The Morgan fingerprint density at radius 2 is 1.93 bits per heavy atom. The molecule has 1 unspecified atom stereocenters. The van der Waals surface area contributed by atoms with Crippen LogP contribution in [0.15, 0.2) is 29.1 Å². The van der Waals surface area contributed by atoms with Gasteiger partial charge in [0.05, 0.1) is 17.3 Å². The molecule has 0 radical (unpaired) electrons. The standard InChI is InChI=1S/C19H14ClF3N2O3/c1-4-7-25-14-8-12(13(20)9-15(14)28-10(2)17(25)26)11-5-6-16(19(21,22)23)24(3)18(11)27/h1,5-6,8-10H,7H2,2-3H3. The Kier molecular flexibility index (Phi) is 4.90. The van der Waals surface area contributed by atoms with E-state index in [0.717, 1.165) is 19.2 Å². The lowest BCUT2D eigenvalue weighted by Gasteiger charge is -2.32. The fourth-order valence-electron chi connectivity index (χ4n) is 3.01. The molecule has 3 rings (SSSR count). The summed E-state index contributed by atoms with van der Waals surface area (Å²) in [5.74, 6) is 2.29. The zero-order chi connectivity index (χ0) is 20.8. The van der Waals surface area contributed by atoms with Crippen LogP contribution in [0.3, 0.4) is 0 Å². The van der Waals surface area contributed by atoms with E-state index in [1.165, 1.54) is 17.0 Å². The van der Waals surface area contributed by atoms with Crippen LogP contribution in [-0.4, -0.2) is 23.1 Å². The van der Waals surface area contributed by atoms with Crippen molar-refractivity contribution >= 4 is 23.2 Å². The van der Waals surface area contributed by atoms with Crippen molar-refractivity contribution in [3.05, 3.63) is 45.3 Å². The Labute approximate surface area is 163 Å². The van der Waals surface area contributed by atoms with Gasteiger partial charge >= 0.3 is 6.18 Å². The molecule has 2 heterocycles. The van der Waals surface area contributed by atoms with Crippen molar-refractivity contribution in [2.45, 2.75) is 19.2 Å². The molecule has 1 aliphatic rings. The van der Waals surface area contributed by atoms with Gasteiger partial charge in [-0.1, -0.05) is 17.5 Å². The van der Waals surface area contributed by atoms with Gasteiger partial charge in [0.1, 0.15) is 11.4 Å². The first-order chi connectivity index (χ1) is 13.1. The van der Waals surface area contributed by atoms with E-state index in [4.69, 9.17) is 22.8 Å². The number of carbonyl (C=O) groups is 1. The number of alkyl halides is 3. The van der Waals surface area contributed by atoms with E-state index in [-0.39, 0.29) is 28.6 Å². The number of pyridine rings is 1. The molecule has 0 saturated carbocycles. The summed E-state index contributed by atoms with van der Waals surface area (Å²) in [7, 11) is 1.03. The molecule has 9 heteroatoms. The van der Waals surface area contributed by atoms with E-state index in [9.17, 15) is 22.8 Å². The van der Waals surface area contributed by atoms with Crippen molar-refractivity contribution in [2.75, 3.05) is 11.4 Å². The number of nitrogens with zero attached hydrogens (tertiary/aromatic N) is 2. The number of ether oxygens (including phenoxy) is 1. The number of anilines is 1. The number of hydrogen-bond donors (Lipinski definition) is 0. The Hall–Kier alpha value is -2.92. The zero-order valence-electron chi connectivity index (χ0n) is 14.8. The molecule has 5 nitrogen and oxygen atoms in total. The number of amides is 1. The van der Waals surface area contributed by atoms with Gasteiger partial charge in [0.15, 0.2) is 6.10 Å². The highest BCUT2D eigenvalue weighted by atomic mass is 35.5. The first-order valence-electron chi connectivity index (χ1n) is 8.09. The lowest BCUT2D eigenvalue weighted by Crippen LogP contribution is -2.44. The van der Waals surface area contributed by atoms with Gasteiger partial charge in [-0.2, -0.15) is 13.2 Å². The molecule has 146 valence electrons. The third-order valence-electron chi connectivity index (χ3n) is 4.39. The largest absolute Gasteiger partial charge is 0.479 e. The van der Waals surface area contributed by atoms with Crippen LogP contribution in [-0.2, 0) is 18.0 Å². The van der Waals surface area contributed by atoms with Crippen LogP contribution >= 0.6 is 11.6 Å². The van der Waals surface area contributed by atoms with Gasteiger partial charge in [0, 0.05) is 24.2 Å². The maximum absolute atomic E-state index is 13.0. The lowest BCUT2D eigenvalue weighted by atomic mass is 10.0. The molecule has 1 atom stereocenters. The van der Waals surface area contributed by atoms with Crippen molar-refractivity contribution in [3.8, 4) is 29.2 Å². The van der Waals surface area contributed by atoms with Gasteiger partial charge in [-0.05, 0) is 25.1 Å². The summed E-state index contributed by atoms with van der Waals surface area (Å²) in [6, 6.07) is 4.69. The van der Waals surface area contributed by atoms with E-state index < -0.39 is 23.5 Å². The lowest BCUT2D eigenvalue weighted by molar-refractivity contribution is -0.143. The number of rotatable bonds is 2. The number of hydrogen-bond acceptors (Lipinski definition) is 3. The fourth-order valence-corrected chi connectivity index (χ4v) is 3.27. The van der Waals surface area contributed by atoms with E-state index in [0.29, 0.717) is 16.0 Å². The Morgan fingerprint density at radius 1 is 1.25 bits per heavy atom. The summed E-state index contributed by atoms with van der Waals surface area (Å²) >= 11 is 6.26. The van der Waals surface area contributed by atoms with Crippen LogP contribution in [0.2, 0.25) is 5.02 Å². The van der Waals surface area contributed by atoms with Gasteiger partial charge in [-0.25, -0.2) is 0 Å². The van der Waals surface area contributed by atoms with Gasteiger partial charge in [-0.15, -0.1) is 6.42 Å². The second kappa shape index (κ2) is 6.91. The minimum absolute atomic E-state index is 0.0361. The molecule has 28 heavy (non-hydrogen) atoms. The summed E-state index contributed by atoms with van der Waals surface area (Å²) in [4.78, 5) is 26.2. The molecular formula is C19H14ClF3N2O3. The highest BCUT2D eigenvalue weighted by molar-refractivity contribution is 6.33. The normalized spacial score (nSPS) is 16.4. The smallest absolute Gasteiger partial charge is 0.431 e. The second-order valence-electron chi connectivity index (χ2n) is 6.18. The minimum atomic E-state index is -4.67. The van der Waals surface area contributed by atoms with Gasteiger partial charge in [0.25, 0.3) is 11.5 Å². The number of halogens is 4. The van der Waals surface area contributed by atoms with Crippen molar-refractivity contribution in [1.29, 1.82) is 0 Å². The predicted octanol–water partition coefficient (Wildman–Crippen LogP) is 3.47. The van der Waals surface area contributed by atoms with Crippen LogP contribution < -0.4 is 15.2 Å². The van der Waals surface area contributed by atoms with Crippen LogP contribution in [0, 0.1) is 12.3 Å². The molecule has 2 aromatic rings. The Balaban J connectivity index is 2.21. The number of aromatic nitrogens is 1. The summed E-state index contributed by atoms with van der Waals surface area (Å²) in [5, 5.41) is 0.0952. The van der Waals surface area contributed by atoms with E-state index in [1.54, 1.807) is 6.92 Å². The van der Waals surface area contributed by atoms with Crippen LogP contribution in [0.25, 0.3) is 11.1 Å². The number of fused-ring (bicyclic) bond motifs is 1. The predicted molar refractivity (Wildman–Crippen MR) is 98.4 cm³/mol. The van der Waals surface area contributed by atoms with E-state index in [1.807, 2.05) is 0 Å². The molecule has 0 N–H and O–H groups in total. The first kappa shape index (κ1) is 19.8. The maximum atomic E-state index is 13.0. The molecule has 1 aromatic carbocycles. The van der Waals surface area contributed by atoms with Crippen molar-refractivity contribution in [1.82, 2.24) is 4.57 Å². The molecule has 0 saturated heterocycles. The Bertz CT molecular complexity index is 1070. The topological polar surface area (TPSA) is 51.5 Å². The maximum Gasteiger partial charge on any atom is 0.431 e. The van der Waals surface area contributed by atoms with Crippen LogP contribution in [0.4, 0.5) is 18.9 Å². The quantitative estimate of drug-likeness (QED) is 0.712. The third-order valence-corrected chi connectivity index (χ3v) is 4.70. The summed E-state index contributed by atoms with van der Waals surface area (Å²) < 4.78 is 45.1. The van der Waals surface area contributed by atoms with Gasteiger partial charge < -0.3 is 9.30 Å². The summed E-state index contributed by atoms with van der Waals surface area (Å²) in [6.45, 7) is 1.52. The summed E-state index contributed by atoms with van der Waals surface area (Å²) in [5.41, 5.74) is -1.55. The minimum Gasteiger partial charge on any atom is -0.479 e. The zero-order valence-corrected chi connectivity index (χ0v) is 15.6.